The van der Waals surface area contributed by atoms with Crippen molar-refractivity contribution in [3.05, 3.63) is 46.5 Å². The number of anilines is 2. The Hall–Kier alpha value is -3.22. The van der Waals surface area contributed by atoms with Crippen LogP contribution in [0.5, 0.6) is 11.5 Å². The van der Waals surface area contributed by atoms with Crippen molar-refractivity contribution >= 4 is 22.9 Å². The summed E-state index contributed by atoms with van der Waals surface area (Å²) in [5, 5.41) is 58.0. The van der Waals surface area contributed by atoms with Crippen LogP contribution in [0.15, 0.2) is 24.3 Å². The molecule has 11 nitrogen and oxygen atoms in total. The van der Waals surface area contributed by atoms with Crippen LogP contribution in [-0.4, -0.2) is 94.7 Å². The van der Waals surface area contributed by atoms with E-state index in [0.29, 0.717) is 31.0 Å². The molecule has 178 valence electrons. The number of aliphatic hydroxyl groups excluding tert-OH is 2. The zero-order chi connectivity index (χ0) is 24.0. The Labute approximate surface area is 190 Å². The molecule has 1 aliphatic rings. The molecular weight excluding hydrogens is 432 g/mol. The maximum Gasteiger partial charge on any atom is 0.200 e. The molecule has 0 heterocycles. The highest BCUT2D eigenvalue weighted by atomic mass is 16.5. The summed E-state index contributed by atoms with van der Waals surface area (Å²) >= 11 is 0. The first kappa shape index (κ1) is 24.4. The summed E-state index contributed by atoms with van der Waals surface area (Å²) in [6.45, 7) is 1.51. The van der Waals surface area contributed by atoms with Gasteiger partial charge in [0, 0.05) is 50.6 Å². The van der Waals surface area contributed by atoms with Crippen LogP contribution in [-0.2, 0) is 0 Å². The van der Waals surface area contributed by atoms with Gasteiger partial charge in [0.2, 0.25) is 11.6 Å². The summed E-state index contributed by atoms with van der Waals surface area (Å²) in [6, 6.07) is 5.57. The number of nitrogens with zero attached hydrogens (tertiary/aromatic N) is 1. The number of carbonyl (C=O) groups is 2. The predicted octanol–water partition coefficient (Wildman–Crippen LogP) is -0.0376. The van der Waals surface area contributed by atoms with E-state index in [4.69, 9.17) is 10.2 Å². The maximum absolute atomic E-state index is 13.4. The van der Waals surface area contributed by atoms with E-state index in [-0.39, 0.29) is 55.1 Å². The van der Waals surface area contributed by atoms with Gasteiger partial charge in [-0.25, -0.2) is 0 Å². The van der Waals surface area contributed by atoms with Gasteiger partial charge in [0.05, 0.1) is 35.5 Å². The van der Waals surface area contributed by atoms with Crippen molar-refractivity contribution in [3.8, 4) is 11.5 Å². The number of rotatable bonds is 12. The lowest BCUT2D eigenvalue weighted by atomic mass is 9.81. The summed E-state index contributed by atoms with van der Waals surface area (Å²) in [4.78, 5) is 26.8. The fourth-order valence-corrected chi connectivity index (χ4v) is 3.70. The third-order valence-electron chi connectivity index (χ3n) is 5.22. The van der Waals surface area contributed by atoms with Crippen molar-refractivity contribution in [1.29, 1.82) is 0 Å². The zero-order valence-corrected chi connectivity index (χ0v) is 18.0. The number of hydrogen-bond acceptors (Lipinski definition) is 11. The highest BCUT2D eigenvalue weighted by Gasteiger charge is 2.37. The molecule has 0 aliphatic heterocycles. The average molecular weight is 460 g/mol. The lowest BCUT2D eigenvalue weighted by molar-refractivity contribution is -0.0947. The van der Waals surface area contributed by atoms with Crippen LogP contribution in [0.25, 0.3) is 0 Å². The Morgan fingerprint density at radius 2 is 1.21 bits per heavy atom. The van der Waals surface area contributed by atoms with Crippen molar-refractivity contribution in [2.45, 2.75) is 0 Å². The lowest BCUT2D eigenvalue weighted by Crippen LogP contribution is -2.30. The first-order chi connectivity index (χ1) is 15.9. The number of phenols is 2. The number of benzene rings is 2. The van der Waals surface area contributed by atoms with Crippen LogP contribution in [0.1, 0.15) is 31.8 Å². The fraction of sp³-hybridized carbons (Fsp3) is 0.364. The van der Waals surface area contributed by atoms with Crippen LogP contribution in [0.4, 0.5) is 11.4 Å². The highest BCUT2D eigenvalue weighted by Crippen LogP contribution is 2.42. The molecule has 2 aromatic carbocycles. The van der Waals surface area contributed by atoms with E-state index < -0.39 is 23.1 Å². The second-order valence-corrected chi connectivity index (χ2v) is 7.43. The molecule has 3 rings (SSSR count). The Kier molecular flexibility index (Phi) is 8.20. The van der Waals surface area contributed by atoms with Crippen LogP contribution in [0, 0.1) is 0 Å². The molecule has 8 N–H and O–H groups in total. The molecule has 33 heavy (non-hydrogen) atoms. The molecule has 11 heteroatoms. The number of carbonyl (C=O) groups excluding carboxylic acids is 2. The number of aromatic hydroxyl groups is 2. The SMILES string of the molecule is O=C1c2c(O)ccc(O)c2C(=O)c2c(NCCN(O)CCO)ccc(NCCNCCO)c21. The van der Waals surface area contributed by atoms with E-state index in [2.05, 4.69) is 16.0 Å². The summed E-state index contributed by atoms with van der Waals surface area (Å²) in [6.07, 6.45) is 0. The van der Waals surface area contributed by atoms with Gasteiger partial charge < -0.3 is 41.6 Å². The summed E-state index contributed by atoms with van der Waals surface area (Å²) in [7, 11) is 0. The molecule has 0 saturated heterocycles. The van der Waals surface area contributed by atoms with E-state index in [1.807, 2.05) is 0 Å². The number of phenolic OH excluding ortho intramolecular Hbond substituents is 2. The average Bonchev–Trinajstić information content (AvgIpc) is 2.79. The van der Waals surface area contributed by atoms with Crippen molar-refractivity contribution in [2.24, 2.45) is 0 Å². The molecule has 2 aromatic rings. The molecule has 0 aromatic heterocycles. The number of hydrogen-bond donors (Lipinski definition) is 8. The number of hydroxylamine groups is 2. The number of nitrogens with one attached hydrogen (secondary N) is 3. The molecular formula is C22H28N4O7. The monoisotopic (exact) mass is 460 g/mol. The van der Waals surface area contributed by atoms with E-state index in [0.717, 1.165) is 17.2 Å². The molecule has 0 fully saturated rings. The summed E-state index contributed by atoms with van der Waals surface area (Å²) in [5.41, 5.74) is 0.317. The minimum Gasteiger partial charge on any atom is -0.507 e. The summed E-state index contributed by atoms with van der Waals surface area (Å²) in [5.74, 6) is -2.03. The normalized spacial score (nSPS) is 12.6. The molecule has 0 amide bonds. The van der Waals surface area contributed by atoms with Gasteiger partial charge in [0.15, 0.2) is 0 Å². The molecule has 0 spiro atoms. The lowest BCUT2D eigenvalue weighted by Gasteiger charge is -2.25. The minimum absolute atomic E-state index is 0.00806. The Balaban J connectivity index is 1.97. The largest absolute Gasteiger partial charge is 0.507 e. The van der Waals surface area contributed by atoms with Crippen LogP contribution < -0.4 is 16.0 Å². The number of fused-ring (bicyclic) bond motifs is 2. The van der Waals surface area contributed by atoms with Gasteiger partial charge in [-0.2, -0.15) is 5.06 Å². The van der Waals surface area contributed by atoms with E-state index in [1.165, 1.54) is 0 Å². The van der Waals surface area contributed by atoms with Crippen molar-refractivity contribution in [1.82, 2.24) is 10.4 Å². The predicted molar refractivity (Wildman–Crippen MR) is 120 cm³/mol. The second-order valence-electron chi connectivity index (χ2n) is 7.43. The van der Waals surface area contributed by atoms with Crippen molar-refractivity contribution < 1.29 is 35.2 Å². The van der Waals surface area contributed by atoms with Crippen LogP contribution in [0.3, 0.4) is 0 Å². The molecule has 0 unspecified atom stereocenters. The van der Waals surface area contributed by atoms with Gasteiger partial charge in [-0.15, -0.1) is 0 Å². The van der Waals surface area contributed by atoms with Gasteiger partial charge in [0.1, 0.15) is 11.5 Å². The van der Waals surface area contributed by atoms with Crippen molar-refractivity contribution in [3.63, 3.8) is 0 Å². The topological polar surface area (TPSA) is 175 Å². The standard InChI is InChI=1S/C22H28N4O7/c27-11-8-23-5-6-24-13-1-2-14(25-7-9-26(33)10-12-28)18-17(13)21(31)19-15(29)3-4-16(30)20(19)22(18)32/h1-4,23-25,27-30,33H,5-12H2. The van der Waals surface area contributed by atoms with Crippen molar-refractivity contribution in [2.75, 3.05) is 63.1 Å². The van der Waals surface area contributed by atoms with Gasteiger partial charge in [0.25, 0.3) is 0 Å². The van der Waals surface area contributed by atoms with Gasteiger partial charge in [-0.3, -0.25) is 9.59 Å². The molecule has 0 bridgehead atoms. The number of aliphatic hydroxyl groups is 2. The molecule has 0 saturated carbocycles. The molecule has 0 atom stereocenters. The first-order valence-electron chi connectivity index (χ1n) is 10.6. The Morgan fingerprint density at radius 1 is 0.667 bits per heavy atom. The van der Waals surface area contributed by atoms with Crippen LogP contribution >= 0.6 is 0 Å². The Bertz CT molecular complexity index is 1030. The van der Waals surface area contributed by atoms with E-state index >= 15 is 0 Å². The quantitative estimate of drug-likeness (QED) is 0.103. The smallest absolute Gasteiger partial charge is 0.200 e. The molecule has 0 radical (unpaired) electrons. The third kappa shape index (κ3) is 5.24. The van der Waals surface area contributed by atoms with Gasteiger partial charge in [-0.1, -0.05) is 0 Å². The Morgan fingerprint density at radius 3 is 1.73 bits per heavy atom. The van der Waals surface area contributed by atoms with E-state index in [1.54, 1.807) is 12.1 Å². The first-order valence-corrected chi connectivity index (χ1v) is 10.6. The summed E-state index contributed by atoms with van der Waals surface area (Å²) < 4.78 is 0. The third-order valence-corrected chi connectivity index (χ3v) is 5.22. The zero-order valence-electron chi connectivity index (χ0n) is 18.0. The van der Waals surface area contributed by atoms with Gasteiger partial charge in [-0.05, 0) is 24.3 Å². The fourth-order valence-electron chi connectivity index (χ4n) is 3.70. The second kappa shape index (κ2) is 11.1. The van der Waals surface area contributed by atoms with E-state index in [9.17, 15) is 25.0 Å². The highest BCUT2D eigenvalue weighted by molar-refractivity contribution is 6.33. The van der Waals surface area contributed by atoms with Crippen LogP contribution in [0.2, 0.25) is 0 Å². The number of ketones is 2. The minimum atomic E-state index is -0.617. The maximum atomic E-state index is 13.4. The van der Waals surface area contributed by atoms with Gasteiger partial charge >= 0.3 is 0 Å². The molecule has 1 aliphatic carbocycles.